The van der Waals surface area contributed by atoms with Crippen molar-refractivity contribution < 1.29 is 9.53 Å². The third kappa shape index (κ3) is 4.82. The van der Waals surface area contributed by atoms with Gasteiger partial charge in [-0.2, -0.15) is 0 Å². The molecule has 4 nitrogen and oxygen atoms in total. The van der Waals surface area contributed by atoms with Gasteiger partial charge in [0.25, 0.3) is 0 Å². The van der Waals surface area contributed by atoms with Gasteiger partial charge in [-0.1, -0.05) is 26.0 Å². The number of rotatable bonds is 5. The molecular weight excluding hydrogens is 276 g/mol. The van der Waals surface area contributed by atoms with Crippen LogP contribution in [0.4, 0.5) is 5.69 Å². The maximum atomic E-state index is 12.2. The smallest absolute Gasteiger partial charge is 0.238 e. The molecule has 3 atom stereocenters. The summed E-state index contributed by atoms with van der Waals surface area (Å²) in [5.74, 6) is 0.596. The van der Waals surface area contributed by atoms with Gasteiger partial charge in [0.05, 0.1) is 18.8 Å². The summed E-state index contributed by atoms with van der Waals surface area (Å²) in [7, 11) is 0. The zero-order valence-corrected chi connectivity index (χ0v) is 14.1. The Balaban J connectivity index is 1.86. The molecule has 1 aliphatic heterocycles. The van der Waals surface area contributed by atoms with Gasteiger partial charge in [0.1, 0.15) is 0 Å². The van der Waals surface area contributed by atoms with E-state index in [1.54, 1.807) is 0 Å². The molecular formula is C18H28N2O2. The summed E-state index contributed by atoms with van der Waals surface area (Å²) in [4.78, 5) is 14.3. The predicted molar refractivity (Wildman–Crippen MR) is 90.2 cm³/mol. The molecule has 1 aromatic carbocycles. The normalized spacial score (nSPS) is 24.0. The number of benzene rings is 1. The van der Waals surface area contributed by atoms with Crippen LogP contribution in [0.1, 0.15) is 45.6 Å². The molecule has 1 fully saturated rings. The van der Waals surface area contributed by atoms with E-state index in [9.17, 15) is 4.79 Å². The Morgan fingerprint density at radius 2 is 1.86 bits per heavy atom. The number of hydrogen-bond acceptors (Lipinski definition) is 3. The first-order valence-electron chi connectivity index (χ1n) is 8.25. The van der Waals surface area contributed by atoms with Crippen molar-refractivity contribution in [2.45, 2.75) is 52.2 Å². The van der Waals surface area contributed by atoms with E-state index in [0.717, 1.165) is 25.2 Å². The summed E-state index contributed by atoms with van der Waals surface area (Å²) in [6.45, 7) is 10.5. The van der Waals surface area contributed by atoms with Crippen molar-refractivity contribution in [1.82, 2.24) is 4.90 Å². The Bertz CT molecular complexity index is 476. The summed E-state index contributed by atoms with van der Waals surface area (Å²) in [5, 5.41) is 2.98. The Morgan fingerprint density at radius 1 is 1.27 bits per heavy atom. The lowest BCUT2D eigenvalue weighted by atomic mass is 9.99. The fourth-order valence-electron chi connectivity index (χ4n) is 2.95. The van der Waals surface area contributed by atoms with E-state index < -0.39 is 0 Å². The minimum absolute atomic E-state index is 0.0394. The molecule has 0 unspecified atom stereocenters. The standard InChI is InChI=1S/C18H28N2O2/c1-5-13(2)16-6-8-17(9-7-16)19-18(21)12-20-10-14(3)22-15(4)11-20/h6-9,13-15H,5,10-12H2,1-4H3,(H,19,21)/t13-,14+,15+/m1/s1. The van der Waals surface area contributed by atoms with Gasteiger partial charge >= 0.3 is 0 Å². The lowest BCUT2D eigenvalue weighted by molar-refractivity contribution is -0.121. The first-order valence-corrected chi connectivity index (χ1v) is 8.25. The first-order chi connectivity index (χ1) is 10.5. The van der Waals surface area contributed by atoms with Crippen LogP contribution in [0.5, 0.6) is 0 Å². The van der Waals surface area contributed by atoms with Crippen LogP contribution < -0.4 is 5.32 Å². The number of ether oxygens (including phenoxy) is 1. The molecule has 1 saturated heterocycles. The molecule has 0 spiro atoms. The van der Waals surface area contributed by atoms with Gasteiger partial charge in [-0.3, -0.25) is 9.69 Å². The maximum absolute atomic E-state index is 12.2. The Kier molecular flexibility index (Phi) is 5.98. The van der Waals surface area contributed by atoms with Crippen molar-refractivity contribution in [3.63, 3.8) is 0 Å². The van der Waals surface area contributed by atoms with Gasteiger partial charge < -0.3 is 10.1 Å². The van der Waals surface area contributed by atoms with Crippen molar-refractivity contribution in [1.29, 1.82) is 0 Å². The van der Waals surface area contributed by atoms with Crippen LogP contribution in [0.2, 0.25) is 0 Å². The van der Waals surface area contributed by atoms with Crippen LogP contribution in [0.15, 0.2) is 24.3 Å². The Hall–Kier alpha value is -1.39. The van der Waals surface area contributed by atoms with Gasteiger partial charge in [0.15, 0.2) is 0 Å². The monoisotopic (exact) mass is 304 g/mol. The molecule has 1 N–H and O–H groups in total. The number of amides is 1. The fourth-order valence-corrected chi connectivity index (χ4v) is 2.95. The lowest BCUT2D eigenvalue weighted by Gasteiger charge is -2.34. The zero-order valence-electron chi connectivity index (χ0n) is 14.1. The summed E-state index contributed by atoms with van der Waals surface area (Å²) < 4.78 is 5.69. The molecule has 4 heteroatoms. The summed E-state index contributed by atoms with van der Waals surface area (Å²) in [5.41, 5.74) is 2.18. The molecule has 0 bridgehead atoms. The second-order valence-corrected chi connectivity index (χ2v) is 6.43. The van der Waals surface area contributed by atoms with E-state index in [1.807, 2.05) is 26.0 Å². The van der Waals surface area contributed by atoms with Crippen molar-refractivity contribution in [2.24, 2.45) is 0 Å². The molecule has 1 heterocycles. The number of nitrogens with one attached hydrogen (secondary N) is 1. The van der Waals surface area contributed by atoms with E-state index in [2.05, 4.69) is 36.2 Å². The van der Waals surface area contributed by atoms with Crippen LogP contribution in [0.3, 0.4) is 0 Å². The Labute approximate surface area is 133 Å². The van der Waals surface area contributed by atoms with Gasteiger partial charge in [-0.25, -0.2) is 0 Å². The largest absolute Gasteiger partial charge is 0.373 e. The van der Waals surface area contributed by atoms with E-state index in [-0.39, 0.29) is 18.1 Å². The van der Waals surface area contributed by atoms with Crippen LogP contribution in [0, 0.1) is 0 Å². The number of nitrogens with zero attached hydrogens (tertiary/aromatic N) is 1. The molecule has 22 heavy (non-hydrogen) atoms. The van der Waals surface area contributed by atoms with Gasteiger partial charge in [-0.15, -0.1) is 0 Å². The van der Waals surface area contributed by atoms with Crippen LogP contribution >= 0.6 is 0 Å². The Morgan fingerprint density at radius 3 is 2.41 bits per heavy atom. The van der Waals surface area contributed by atoms with Crippen molar-refractivity contribution in [2.75, 3.05) is 25.0 Å². The number of hydrogen-bond donors (Lipinski definition) is 1. The van der Waals surface area contributed by atoms with Gasteiger partial charge in [0, 0.05) is 18.8 Å². The maximum Gasteiger partial charge on any atom is 0.238 e. The highest BCUT2D eigenvalue weighted by molar-refractivity contribution is 5.92. The average molecular weight is 304 g/mol. The van der Waals surface area contributed by atoms with Gasteiger partial charge in [0.2, 0.25) is 5.91 Å². The van der Waals surface area contributed by atoms with E-state index in [4.69, 9.17) is 4.74 Å². The minimum Gasteiger partial charge on any atom is -0.373 e. The molecule has 0 saturated carbocycles. The number of morpholine rings is 1. The lowest BCUT2D eigenvalue weighted by Crippen LogP contribution is -2.48. The molecule has 2 rings (SSSR count). The van der Waals surface area contributed by atoms with E-state index in [0.29, 0.717) is 12.5 Å². The van der Waals surface area contributed by atoms with Gasteiger partial charge in [-0.05, 0) is 43.9 Å². The highest BCUT2D eigenvalue weighted by Crippen LogP contribution is 2.20. The highest BCUT2D eigenvalue weighted by atomic mass is 16.5. The van der Waals surface area contributed by atoms with Crippen LogP contribution in [-0.2, 0) is 9.53 Å². The van der Waals surface area contributed by atoms with E-state index in [1.165, 1.54) is 5.56 Å². The minimum atomic E-state index is 0.0394. The second kappa shape index (κ2) is 7.75. The summed E-state index contributed by atoms with van der Waals surface area (Å²) >= 11 is 0. The van der Waals surface area contributed by atoms with Crippen molar-refractivity contribution in [3.05, 3.63) is 29.8 Å². The molecule has 1 aliphatic rings. The molecule has 122 valence electrons. The molecule has 1 aromatic rings. The predicted octanol–water partition coefficient (Wildman–Crippen LogP) is 3.25. The third-order valence-electron chi connectivity index (χ3n) is 4.24. The van der Waals surface area contributed by atoms with Crippen LogP contribution in [-0.4, -0.2) is 42.6 Å². The average Bonchev–Trinajstić information content (AvgIpc) is 2.46. The second-order valence-electron chi connectivity index (χ2n) is 6.43. The quantitative estimate of drug-likeness (QED) is 0.908. The van der Waals surface area contributed by atoms with Crippen LogP contribution in [0.25, 0.3) is 0 Å². The number of carbonyl (C=O) groups excluding carboxylic acids is 1. The zero-order chi connectivity index (χ0) is 16.1. The summed E-state index contributed by atoms with van der Waals surface area (Å²) in [6.07, 6.45) is 1.50. The summed E-state index contributed by atoms with van der Waals surface area (Å²) in [6, 6.07) is 8.18. The first kappa shape index (κ1) is 17.0. The number of carbonyl (C=O) groups is 1. The van der Waals surface area contributed by atoms with E-state index >= 15 is 0 Å². The third-order valence-corrected chi connectivity index (χ3v) is 4.24. The molecule has 1 amide bonds. The molecule has 0 radical (unpaired) electrons. The van der Waals surface area contributed by atoms with Crippen molar-refractivity contribution in [3.8, 4) is 0 Å². The molecule has 0 aliphatic carbocycles. The highest BCUT2D eigenvalue weighted by Gasteiger charge is 2.23. The topological polar surface area (TPSA) is 41.6 Å². The molecule has 0 aromatic heterocycles. The number of anilines is 1. The fraction of sp³-hybridized carbons (Fsp3) is 0.611. The SMILES string of the molecule is CC[C@@H](C)c1ccc(NC(=O)CN2C[C@H](C)O[C@@H](C)C2)cc1. The van der Waals surface area contributed by atoms with Crippen molar-refractivity contribution >= 4 is 11.6 Å².